The van der Waals surface area contributed by atoms with Gasteiger partial charge in [0.05, 0.1) is 17.3 Å². The van der Waals surface area contributed by atoms with Crippen molar-refractivity contribution < 1.29 is 0 Å². The summed E-state index contributed by atoms with van der Waals surface area (Å²) in [6.45, 7) is 6.96. The molecule has 0 unspecified atom stereocenters. The summed E-state index contributed by atoms with van der Waals surface area (Å²) in [6, 6.07) is 67.6. The Morgan fingerprint density at radius 2 is 1.33 bits per heavy atom. The molecule has 0 aliphatic heterocycles. The van der Waals surface area contributed by atoms with Gasteiger partial charge in [-0.15, -0.1) is 0 Å². The summed E-state index contributed by atoms with van der Waals surface area (Å²) in [5.41, 5.74) is 20.4. The Labute approximate surface area is 359 Å². The van der Waals surface area contributed by atoms with Gasteiger partial charge in [0, 0.05) is 22.2 Å². The number of aryl methyl sites for hydroxylation is 1. The molecule has 0 saturated carbocycles. The highest BCUT2D eigenvalue weighted by molar-refractivity contribution is 6.10. The lowest BCUT2D eigenvalue weighted by molar-refractivity contribution is 0.660. The number of fused-ring (bicyclic) bond motifs is 5. The summed E-state index contributed by atoms with van der Waals surface area (Å²) < 4.78 is 0. The molecular formula is C59H46N2. The van der Waals surface area contributed by atoms with Crippen molar-refractivity contribution in [3.63, 3.8) is 0 Å². The summed E-state index contributed by atoms with van der Waals surface area (Å²) in [6.07, 6.45) is 8.85. The Bertz CT molecular complexity index is 3120. The van der Waals surface area contributed by atoms with Crippen LogP contribution in [0.25, 0.3) is 44.7 Å². The standard InChI is InChI=1S/C59H46N2/c1-40-16-10-11-25-51(40)47-30-29-46(37-47)48(33-41-17-14-21-45(32-41)44-19-6-4-7-20-44)34-42-28-31-54-55(36-42)59(2,3)56-38-57(52-26-12-13-27-53(52)58(54)56)61(49-22-8-5-9-23-49)50-24-15-18-43(35-50)39-60/h4-32,34-36,38H,33,37H2,1-3H3/b48-34-. The average molecular weight is 783 g/mol. The van der Waals surface area contributed by atoms with E-state index in [4.69, 9.17) is 0 Å². The second-order valence-corrected chi connectivity index (χ2v) is 16.9. The van der Waals surface area contributed by atoms with Crippen molar-refractivity contribution in [3.8, 4) is 28.3 Å². The Hall–Kier alpha value is -7.47. The molecule has 0 amide bonds. The molecule has 2 aliphatic rings. The molecule has 0 atom stereocenters. The van der Waals surface area contributed by atoms with Crippen molar-refractivity contribution in [2.24, 2.45) is 0 Å². The van der Waals surface area contributed by atoms with E-state index in [-0.39, 0.29) is 5.41 Å². The summed E-state index contributed by atoms with van der Waals surface area (Å²) >= 11 is 0. The maximum atomic E-state index is 9.91. The molecule has 292 valence electrons. The summed E-state index contributed by atoms with van der Waals surface area (Å²) in [5, 5.41) is 12.3. The lowest BCUT2D eigenvalue weighted by Gasteiger charge is -2.30. The summed E-state index contributed by atoms with van der Waals surface area (Å²) in [4.78, 5) is 2.31. The molecule has 0 aromatic heterocycles. The molecule has 0 bridgehead atoms. The smallest absolute Gasteiger partial charge is 0.0992 e. The van der Waals surface area contributed by atoms with E-state index in [1.807, 2.05) is 18.2 Å². The number of anilines is 3. The highest BCUT2D eigenvalue weighted by Crippen LogP contribution is 2.55. The van der Waals surface area contributed by atoms with Crippen molar-refractivity contribution in [1.29, 1.82) is 5.26 Å². The predicted octanol–water partition coefficient (Wildman–Crippen LogP) is 15.5. The van der Waals surface area contributed by atoms with Crippen LogP contribution < -0.4 is 4.90 Å². The van der Waals surface area contributed by atoms with E-state index in [2.05, 4.69) is 214 Å². The number of para-hydroxylation sites is 1. The number of hydrogen-bond acceptors (Lipinski definition) is 2. The molecule has 0 spiro atoms. The molecule has 61 heavy (non-hydrogen) atoms. The molecule has 8 aromatic rings. The van der Waals surface area contributed by atoms with Crippen LogP contribution in [0.1, 0.15) is 59.2 Å². The fourth-order valence-corrected chi connectivity index (χ4v) is 9.61. The van der Waals surface area contributed by atoms with Crippen LogP contribution >= 0.6 is 0 Å². The average Bonchev–Trinajstić information content (AvgIpc) is 3.88. The Morgan fingerprint density at radius 3 is 2.13 bits per heavy atom. The zero-order chi connectivity index (χ0) is 41.5. The van der Waals surface area contributed by atoms with E-state index in [0.717, 1.165) is 29.9 Å². The number of allylic oxidation sites excluding steroid dienone is 5. The zero-order valence-corrected chi connectivity index (χ0v) is 34.9. The molecule has 8 aromatic carbocycles. The maximum Gasteiger partial charge on any atom is 0.0992 e. The van der Waals surface area contributed by atoms with Crippen LogP contribution in [-0.4, -0.2) is 0 Å². The molecule has 10 rings (SSSR count). The topological polar surface area (TPSA) is 27.0 Å². The highest BCUT2D eigenvalue weighted by Gasteiger charge is 2.38. The van der Waals surface area contributed by atoms with Gasteiger partial charge in [-0.1, -0.05) is 178 Å². The number of rotatable bonds is 9. The maximum absolute atomic E-state index is 9.91. The van der Waals surface area contributed by atoms with Crippen molar-refractivity contribution in [2.45, 2.75) is 39.0 Å². The first-order valence-corrected chi connectivity index (χ1v) is 21.2. The molecule has 2 aliphatic carbocycles. The lowest BCUT2D eigenvalue weighted by Crippen LogP contribution is -2.17. The Morgan fingerprint density at radius 1 is 0.623 bits per heavy atom. The number of benzene rings is 8. The molecule has 0 fully saturated rings. The second kappa shape index (κ2) is 15.6. The molecule has 0 heterocycles. The molecule has 0 N–H and O–H groups in total. The van der Waals surface area contributed by atoms with Crippen LogP contribution in [0.4, 0.5) is 17.1 Å². The minimum atomic E-state index is -0.277. The van der Waals surface area contributed by atoms with Crippen molar-refractivity contribution in [2.75, 3.05) is 4.90 Å². The van der Waals surface area contributed by atoms with Crippen molar-refractivity contribution >= 4 is 39.5 Å². The van der Waals surface area contributed by atoms with Gasteiger partial charge in [0.15, 0.2) is 0 Å². The second-order valence-electron chi connectivity index (χ2n) is 16.9. The van der Waals surface area contributed by atoms with Crippen LogP contribution in [0.15, 0.2) is 205 Å². The van der Waals surface area contributed by atoms with Gasteiger partial charge in [0.25, 0.3) is 0 Å². The van der Waals surface area contributed by atoms with E-state index in [9.17, 15) is 5.26 Å². The third kappa shape index (κ3) is 6.99. The van der Waals surface area contributed by atoms with Crippen LogP contribution in [0.3, 0.4) is 0 Å². The monoisotopic (exact) mass is 782 g/mol. The van der Waals surface area contributed by atoms with Crippen LogP contribution in [0, 0.1) is 18.3 Å². The van der Waals surface area contributed by atoms with Gasteiger partial charge < -0.3 is 4.90 Å². The van der Waals surface area contributed by atoms with Gasteiger partial charge in [0.2, 0.25) is 0 Å². The van der Waals surface area contributed by atoms with Crippen molar-refractivity contribution in [3.05, 3.63) is 244 Å². The summed E-state index contributed by atoms with van der Waals surface area (Å²) in [5.74, 6) is 0. The minimum absolute atomic E-state index is 0.277. The molecule has 2 nitrogen and oxygen atoms in total. The van der Waals surface area contributed by atoms with E-state index < -0.39 is 0 Å². The third-order valence-electron chi connectivity index (χ3n) is 12.7. The third-order valence-corrected chi connectivity index (χ3v) is 12.7. The SMILES string of the molecule is Cc1ccccc1C1=CC=C(/C(=C\c2ccc3c(c2)C(C)(C)c2cc(N(c4ccccc4)c4cccc(C#N)c4)c4ccccc4c2-3)Cc2cccc(-c3ccccc3)c2)C1. The summed E-state index contributed by atoms with van der Waals surface area (Å²) in [7, 11) is 0. The quantitative estimate of drug-likeness (QED) is 0.146. The number of hydrogen-bond donors (Lipinski definition) is 0. The van der Waals surface area contributed by atoms with Gasteiger partial charge in [-0.2, -0.15) is 5.26 Å². The van der Waals surface area contributed by atoms with Gasteiger partial charge in [-0.3, -0.25) is 0 Å². The Balaban J connectivity index is 1.08. The first-order valence-electron chi connectivity index (χ1n) is 21.2. The van der Waals surface area contributed by atoms with Gasteiger partial charge in [-0.25, -0.2) is 0 Å². The molecule has 0 saturated heterocycles. The van der Waals surface area contributed by atoms with Gasteiger partial charge in [0.1, 0.15) is 0 Å². The molecule has 0 radical (unpaired) electrons. The first kappa shape index (κ1) is 37.8. The molecule has 2 heteroatoms. The number of nitrogens with zero attached hydrogens (tertiary/aromatic N) is 2. The van der Waals surface area contributed by atoms with Gasteiger partial charge >= 0.3 is 0 Å². The Kier molecular flexibility index (Phi) is 9.67. The van der Waals surface area contributed by atoms with Crippen LogP contribution in [-0.2, 0) is 11.8 Å². The fraction of sp³-hybridized carbons (Fsp3) is 0.102. The zero-order valence-electron chi connectivity index (χ0n) is 34.9. The predicted molar refractivity (Wildman–Crippen MR) is 256 cm³/mol. The largest absolute Gasteiger partial charge is 0.310 e. The van der Waals surface area contributed by atoms with E-state index in [1.54, 1.807) is 0 Å². The van der Waals surface area contributed by atoms with Crippen LogP contribution in [0.5, 0.6) is 0 Å². The van der Waals surface area contributed by atoms with Crippen molar-refractivity contribution in [1.82, 2.24) is 0 Å². The highest BCUT2D eigenvalue weighted by atomic mass is 15.1. The van der Waals surface area contributed by atoms with Gasteiger partial charge in [-0.05, 0) is 134 Å². The van der Waals surface area contributed by atoms with Crippen LogP contribution in [0.2, 0.25) is 0 Å². The fourth-order valence-electron chi connectivity index (χ4n) is 9.61. The van der Waals surface area contributed by atoms with E-state index >= 15 is 0 Å². The number of nitriles is 1. The minimum Gasteiger partial charge on any atom is -0.310 e. The molecular weight excluding hydrogens is 737 g/mol. The lowest BCUT2D eigenvalue weighted by atomic mass is 9.81. The first-order chi connectivity index (χ1) is 29.9. The van der Waals surface area contributed by atoms with E-state index in [1.165, 1.54) is 83.1 Å². The van der Waals surface area contributed by atoms with E-state index in [0.29, 0.717) is 5.56 Å². The normalized spacial score (nSPS) is 13.9.